The van der Waals surface area contributed by atoms with Crippen LogP contribution in [0.3, 0.4) is 0 Å². The van der Waals surface area contributed by atoms with E-state index in [1.807, 2.05) is 0 Å². The quantitative estimate of drug-likeness (QED) is 0.282. The summed E-state index contributed by atoms with van der Waals surface area (Å²) in [6, 6.07) is 25.0. The molecule has 3 aliphatic heterocycles. The van der Waals surface area contributed by atoms with Gasteiger partial charge in [-0.1, -0.05) is 62.4 Å². The second-order valence-electron chi connectivity index (χ2n) is 9.44. The lowest BCUT2D eigenvalue weighted by Gasteiger charge is -2.34. The highest BCUT2D eigenvalue weighted by atomic mass is 15.2. The number of para-hydroxylation sites is 2. The molecule has 0 unspecified atom stereocenters. The second-order valence-corrected chi connectivity index (χ2v) is 9.44. The van der Waals surface area contributed by atoms with Gasteiger partial charge in [-0.3, -0.25) is 0 Å². The molecule has 0 saturated carbocycles. The molecule has 0 atom stereocenters. The lowest BCUT2D eigenvalue weighted by Crippen LogP contribution is -2.55. The van der Waals surface area contributed by atoms with Crippen LogP contribution in [0.2, 0.25) is 0 Å². The fourth-order valence-electron chi connectivity index (χ4n) is 6.40. The van der Waals surface area contributed by atoms with Crippen LogP contribution in [0.5, 0.6) is 0 Å². The number of hydrogen-bond acceptors (Lipinski definition) is 1. The van der Waals surface area contributed by atoms with Gasteiger partial charge in [0.25, 0.3) is 0 Å². The van der Waals surface area contributed by atoms with Crippen molar-refractivity contribution in [1.82, 2.24) is 4.48 Å². The zero-order valence-electron chi connectivity index (χ0n) is 17.6. The SMILES string of the molecule is CC(C)c1ccc2c3c1N1B(c4ccc[n+](c4-3)C2)n2c3ccccc3c3cccc1c32. The Balaban J connectivity index is 1.61. The zero-order chi connectivity index (χ0) is 20.4. The van der Waals surface area contributed by atoms with Gasteiger partial charge in [0.15, 0.2) is 12.7 Å². The molecule has 3 nitrogen and oxygen atoms in total. The van der Waals surface area contributed by atoms with E-state index < -0.39 is 0 Å². The predicted octanol–water partition coefficient (Wildman–Crippen LogP) is 4.94. The maximum Gasteiger partial charge on any atom is 0.427 e. The summed E-state index contributed by atoms with van der Waals surface area (Å²) in [5, 5.41) is 2.71. The maximum atomic E-state index is 2.64. The van der Waals surface area contributed by atoms with Crippen LogP contribution in [-0.4, -0.2) is 11.5 Å². The van der Waals surface area contributed by atoms with Crippen LogP contribution in [-0.2, 0) is 6.54 Å². The van der Waals surface area contributed by atoms with Crippen molar-refractivity contribution in [3.8, 4) is 11.3 Å². The minimum Gasteiger partial charge on any atom is -0.359 e. The Labute approximate surface area is 181 Å². The molecule has 8 rings (SSSR count). The number of fused-ring (bicyclic) bond motifs is 8. The smallest absolute Gasteiger partial charge is 0.359 e. The summed E-state index contributed by atoms with van der Waals surface area (Å²) in [5.41, 5.74) is 12.6. The average Bonchev–Trinajstić information content (AvgIpc) is 3.45. The normalized spacial score (nSPS) is 14.8. The monoisotopic (exact) mass is 398 g/mol. The van der Waals surface area contributed by atoms with Gasteiger partial charge in [0, 0.05) is 39.1 Å². The van der Waals surface area contributed by atoms with Crippen molar-refractivity contribution in [3.63, 3.8) is 0 Å². The fourth-order valence-corrected chi connectivity index (χ4v) is 6.40. The molecule has 0 spiro atoms. The molecular weight excluding hydrogens is 377 g/mol. The Bertz CT molecular complexity index is 1610. The van der Waals surface area contributed by atoms with E-state index in [-0.39, 0.29) is 6.98 Å². The molecule has 0 radical (unpaired) electrons. The summed E-state index contributed by atoms with van der Waals surface area (Å²) in [5.74, 6) is 0.469. The summed E-state index contributed by atoms with van der Waals surface area (Å²) in [6.45, 7) is 5.76. The molecule has 0 aliphatic carbocycles. The lowest BCUT2D eigenvalue weighted by molar-refractivity contribution is -0.671. The molecule has 0 N–H and O–H groups in total. The minimum atomic E-state index is 0.153. The van der Waals surface area contributed by atoms with Crippen LogP contribution in [0.1, 0.15) is 30.9 Å². The number of benzene rings is 3. The summed E-state index contributed by atoms with van der Waals surface area (Å²) >= 11 is 0. The van der Waals surface area contributed by atoms with Gasteiger partial charge in [0.2, 0.25) is 5.69 Å². The molecular formula is C27H21BN3+. The first kappa shape index (κ1) is 16.2. The van der Waals surface area contributed by atoms with Crippen LogP contribution >= 0.6 is 0 Å². The van der Waals surface area contributed by atoms with E-state index in [0.29, 0.717) is 5.92 Å². The van der Waals surface area contributed by atoms with Crippen molar-refractivity contribution >= 4 is 45.6 Å². The number of aromatic nitrogens is 2. The van der Waals surface area contributed by atoms with Crippen molar-refractivity contribution in [2.24, 2.45) is 0 Å². The Morgan fingerprint density at radius 1 is 0.903 bits per heavy atom. The van der Waals surface area contributed by atoms with E-state index in [2.05, 4.69) is 101 Å². The Morgan fingerprint density at radius 3 is 2.68 bits per heavy atom. The highest BCUT2D eigenvalue weighted by Gasteiger charge is 2.51. The third kappa shape index (κ3) is 1.70. The van der Waals surface area contributed by atoms with E-state index in [1.54, 1.807) is 0 Å². The highest BCUT2D eigenvalue weighted by Crippen LogP contribution is 2.52. The second kappa shape index (κ2) is 5.20. The first-order valence-corrected chi connectivity index (χ1v) is 11.2. The molecule has 0 bridgehead atoms. The van der Waals surface area contributed by atoms with Gasteiger partial charge in [-0.05, 0) is 23.6 Å². The molecule has 5 heterocycles. The summed E-state index contributed by atoms with van der Waals surface area (Å²) in [6.07, 6.45) is 2.25. The van der Waals surface area contributed by atoms with E-state index in [4.69, 9.17) is 0 Å². The topological polar surface area (TPSA) is 12.1 Å². The largest absolute Gasteiger partial charge is 0.427 e. The van der Waals surface area contributed by atoms with E-state index in [0.717, 1.165) is 6.54 Å². The Morgan fingerprint density at radius 2 is 1.77 bits per heavy atom. The van der Waals surface area contributed by atoms with Crippen molar-refractivity contribution in [2.75, 3.05) is 4.81 Å². The van der Waals surface area contributed by atoms with Crippen molar-refractivity contribution in [1.29, 1.82) is 0 Å². The molecule has 5 aromatic rings. The van der Waals surface area contributed by atoms with Crippen molar-refractivity contribution < 1.29 is 4.57 Å². The minimum absolute atomic E-state index is 0.153. The third-order valence-corrected chi connectivity index (χ3v) is 7.57. The number of anilines is 2. The summed E-state index contributed by atoms with van der Waals surface area (Å²) in [4.78, 5) is 2.64. The number of hydrogen-bond donors (Lipinski definition) is 0. The average molecular weight is 398 g/mol. The molecule has 0 fully saturated rings. The number of pyridine rings is 1. The lowest BCUT2D eigenvalue weighted by atomic mass is 9.61. The Kier molecular flexibility index (Phi) is 2.72. The summed E-state index contributed by atoms with van der Waals surface area (Å²) < 4.78 is 5.05. The van der Waals surface area contributed by atoms with Crippen LogP contribution in [0, 0.1) is 0 Å². The summed E-state index contributed by atoms with van der Waals surface area (Å²) in [7, 11) is 0. The van der Waals surface area contributed by atoms with Gasteiger partial charge in [-0.15, -0.1) is 0 Å². The standard InChI is InChI=1S/C27H21BN3/c1-16(2)18-13-12-17-15-29-14-6-9-21-27(29)24(17)26(18)31-23-11-5-8-20-19-7-3-4-10-22(19)30(25(20)23)28(21)31/h3-14,16H,15H2,1-2H3/q+1. The first-order valence-electron chi connectivity index (χ1n) is 11.2. The van der Waals surface area contributed by atoms with Gasteiger partial charge in [-0.25, -0.2) is 0 Å². The van der Waals surface area contributed by atoms with Gasteiger partial charge in [-0.2, -0.15) is 4.57 Å². The molecule has 146 valence electrons. The van der Waals surface area contributed by atoms with Gasteiger partial charge in [0.05, 0.1) is 16.8 Å². The van der Waals surface area contributed by atoms with Crippen molar-refractivity contribution in [2.45, 2.75) is 26.3 Å². The maximum absolute atomic E-state index is 2.64. The molecule has 31 heavy (non-hydrogen) atoms. The zero-order valence-corrected chi connectivity index (χ0v) is 17.6. The predicted molar refractivity (Wildman–Crippen MR) is 128 cm³/mol. The van der Waals surface area contributed by atoms with Gasteiger partial charge < -0.3 is 9.29 Å². The van der Waals surface area contributed by atoms with Gasteiger partial charge in [0.1, 0.15) is 0 Å². The van der Waals surface area contributed by atoms with E-state index in [1.165, 1.54) is 61.0 Å². The van der Waals surface area contributed by atoms with Gasteiger partial charge >= 0.3 is 6.98 Å². The Hall–Kier alpha value is -3.53. The molecule has 0 amide bonds. The molecule has 2 aromatic heterocycles. The van der Waals surface area contributed by atoms with Crippen LogP contribution in [0.4, 0.5) is 11.4 Å². The molecule has 3 aliphatic rings. The van der Waals surface area contributed by atoms with Crippen LogP contribution < -0.4 is 14.8 Å². The van der Waals surface area contributed by atoms with E-state index in [9.17, 15) is 0 Å². The third-order valence-electron chi connectivity index (χ3n) is 7.57. The first-order chi connectivity index (χ1) is 15.2. The number of rotatable bonds is 1. The number of nitrogens with zero attached hydrogens (tertiary/aromatic N) is 3. The van der Waals surface area contributed by atoms with E-state index >= 15 is 0 Å². The van der Waals surface area contributed by atoms with Crippen molar-refractivity contribution in [3.05, 3.63) is 84.1 Å². The highest BCUT2D eigenvalue weighted by molar-refractivity contribution is 6.82. The molecule has 0 saturated heterocycles. The van der Waals surface area contributed by atoms with Crippen LogP contribution in [0.15, 0.2) is 72.9 Å². The van der Waals surface area contributed by atoms with Crippen LogP contribution in [0.25, 0.3) is 33.1 Å². The molecule has 3 aromatic carbocycles. The molecule has 4 heteroatoms. The fraction of sp³-hybridized carbons (Fsp3) is 0.148.